The van der Waals surface area contributed by atoms with Crippen LogP contribution in [0, 0.1) is 0 Å². The molecule has 1 N–H and O–H groups in total. The molecule has 6 heteroatoms. The SMILES string of the molecule is O=C(O)COCCc1cccc(C(F)(F)F)c1. The highest BCUT2D eigenvalue weighted by atomic mass is 19.4. The van der Waals surface area contributed by atoms with Crippen LogP contribution in [-0.4, -0.2) is 24.3 Å². The van der Waals surface area contributed by atoms with Gasteiger partial charge in [0.25, 0.3) is 0 Å². The van der Waals surface area contributed by atoms with Gasteiger partial charge in [-0.05, 0) is 18.1 Å². The van der Waals surface area contributed by atoms with E-state index in [0.717, 1.165) is 12.1 Å². The number of carbonyl (C=O) groups is 1. The van der Waals surface area contributed by atoms with Gasteiger partial charge in [-0.25, -0.2) is 4.79 Å². The summed E-state index contributed by atoms with van der Waals surface area (Å²) in [6.45, 7) is -0.368. The minimum atomic E-state index is -4.36. The highest BCUT2D eigenvalue weighted by molar-refractivity contribution is 5.67. The molecule has 0 radical (unpaired) electrons. The Kier molecular flexibility index (Phi) is 4.51. The second-order valence-electron chi connectivity index (χ2n) is 3.39. The topological polar surface area (TPSA) is 46.5 Å². The Hall–Kier alpha value is -1.56. The number of carboxylic acids is 1. The molecule has 0 saturated carbocycles. The van der Waals surface area contributed by atoms with E-state index in [2.05, 4.69) is 0 Å². The average Bonchev–Trinajstić information content (AvgIpc) is 2.23. The zero-order valence-electron chi connectivity index (χ0n) is 8.83. The van der Waals surface area contributed by atoms with E-state index in [4.69, 9.17) is 9.84 Å². The third kappa shape index (κ3) is 4.86. The van der Waals surface area contributed by atoms with Gasteiger partial charge >= 0.3 is 12.1 Å². The zero-order valence-corrected chi connectivity index (χ0v) is 8.83. The maximum Gasteiger partial charge on any atom is 0.416 e. The summed E-state index contributed by atoms with van der Waals surface area (Å²) in [5.41, 5.74) is -0.251. The molecule has 0 aliphatic carbocycles. The second kappa shape index (κ2) is 5.67. The van der Waals surface area contributed by atoms with Crippen LogP contribution in [0.2, 0.25) is 0 Å². The first-order valence-corrected chi connectivity index (χ1v) is 4.85. The standard InChI is InChI=1S/C11H11F3O3/c12-11(13,14)9-3-1-2-8(6-9)4-5-17-7-10(15)16/h1-3,6H,4-5,7H2,(H,15,16). The van der Waals surface area contributed by atoms with Crippen molar-refractivity contribution in [3.8, 4) is 0 Å². The van der Waals surface area contributed by atoms with Crippen LogP contribution in [0.25, 0.3) is 0 Å². The Bertz CT molecular complexity index is 388. The molecule has 0 saturated heterocycles. The summed E-state index contributed by atoms with van der Waals surface area (Å²) in [7, 11) is 0. The molecule has 0 spiro atoms. The molecule has 0 heterocycles. The van der Waals surface area contributed by atoms with E-state index in [1.807, 2.05) is 0 Å². The number of aliphatic carboxylic acids is 1. The second-order valence-corrected chi connectivity index (χ2v) is 3.39. The highest BCUT2D eigenvalue weighted by Gasteiger charge is 2.30. The number of ether oxygens (including phenoxy) is 1. The van der Waals surface area contributed by atoms with Crippen molar-refractivity contribution in [3.05, 3.63) is 35.4 Å². The Morgan fingerprint density at radius 1 is 1.35 bits per heavy atom. The van der Waals surface area contributed by atoms with E-state index in [1.54, 1.807) is 6.07 Å². The minimum Gasteiger partial charge on any atom is -0.480 e. The minimum absolute atomic E-state index is 0.0770. The number of hydrogen-bond acceptors (Lipinski definition) is 2. The summed E-state index contributed by atoms with van der Waals surface area (Å²) >= 11 is 0. The molecule has 0 unspecified atom stereocenters. The van der Waals surface area contributed by atoms with Crippen molar-refractivity contribution in [2.24, 2.45) is 0 Å². The van der Waals surface area contributed by atoms with Gasteiger partial charge in [0.15, 0.2) is 0 Å². The molecular formula is C11H11F3O3. The van der Waals surface area contributed by atoms with Gasteiger partial charge in [0, 0.05) is 0 Å². The van der Waals surface area contributed by atoms with Crippen LogP contribution in [0.5, 0.6) is 0 Å². The fourth-order valence-electron chi connectivity index (χ4n) is 1.25. The van der Waals surface area contributed by atoms with Crippen LogP contribution in [-0.2, 0) is 22.1 Å². The van der Waals surface area contributed by atoms with Gasteiger partial charge < -0.3 is 9.84 Å². The average molecular weight is 248 g/mol. The molecule has 0 aromatic heterocycles. The zero-order chi connectivity index (χ0) is 12.9. The Morgan fingerprint density at radius 2 is 2.06 bits per heavy atom. The molecule has 1 aromatic carbocycles. The van der Waals surface area contributed by atoms with Gasteiger partial charge in [-0.3, -0.25) is 0 Å². The van der Waals surface area contributed by atoms with Crippen molar-refractivity contribution in [1.82, 2.24) is 0 Å². The van der Waals surface area contributed by atoms with Crippen molar-refractivity contribution < 1.29 is 27.8 Å². The van der Waals surface area contributed by atoms with Crippen LogP contribution >= 0.6 is 0 Å². The van der Waals surface area contributed by atoms with Crippen LogP contribution in [0.15, 0.2) is 24.3 Å². The Balaban J connectivity index is 2.52. The third-order valence-corrected chi connectivity index (χ3v) is 2.01. The lowest BCUT2D eigenvalue weighted by atomic mass is 10.1. The molecule has 1 aromatic rings. The molecule has 94 valence electrons. The highest BCUT2D eigenvalue weighted by Crippen LogP contribution is 2.29. The molecule has 0 aliphatic heterocycles. The van der Waals surface area contributed by atoms with Crippen molar-refractivity contribution in [2.75, 3.05) is 13.2 Å². The first-order valence-electron chi connectivity index (χ1n) is 4.85. The van der Waals surface area contributed by atoms with Gasteiger partial charge in [-0.1, -0.05) is 18.2 Å². The third-order valence-electron chi connectivity index (χ3n) is 2.01. The molecule has 3 nitrogen and oxygen atoms in total. The van der Waals surface area contributed by atoms with E-state index >= 15 is 0 Å². The predicted octanol–water partition coefficient (Wildman–Crippen LogP) is 2.35. The largest absolute Gasteiger partial charge is 0.480 e. The number of halogens is 3. The summed E-state index contributed by atoms with van der Waals surface area (Å²) in [5.74, 6) is -1.10. The summed E-state index contributed by atoms with van der Waals surface area (Å²) in [5, 5.41) is 8.29. The van der Waals surface area contributed by atoms with E-state index in [9.17, 15) is 18.0 Å². The molecule has 1 rings (SSSR count). The van der Waals surface area contributed by atoms with E-state index in [-0.39, 0.29) is 13.0 Å². The molecule has 0 aliphatic rings. The van der Waals surface area contributed by atoms with Crippen molar-refractivity contribution in [1.29, 1.82) is 0 Å². The molecule has 0 amide bonds. The molecule has 0 atom stereocenters. The number of carboxylic acid groups (broad SMARTS) is 1. The quantitative estimate of drug-likeness (QED) is 0.813. The molecular weight excluding hydrogens is 237 g/mol. The summed E-state index contributed by atoms with van der Waals surface area (Å²) in [6.07, 6.45) is -4.12. The van der Waals surface area contributed by atoms with Crippen molar-refractivity contribution in [2.45, 2.75) is 12.6 Å². The first kappa shape index (κ1) is 13.5. The van der Waals surface area contributed by atoms with E-state index in [0.29, 0.717) is 5.56 Å². The number of benzene rings is 1. The summed E-state index contributed by atoms with van der Waals surface area (Å²) in [6, 6.07) is 4.88. The number of hydrogen-bond donors (Lipinski definition) is 1. The first-order chi connectivity index (χ1) is 7.89. The normalized spacial score (nSPS) is 11.5. The summed E-state index contributed by atoms with van der Waals surface area (Å²) < 4.78 is 41.8. The lowest BCUT2D eigenvalue weighted by Crippen LogP contribution is -2.10. The van der Waals surface area contributed by atoms with Gasteiger partial charge in [-0.2, -0.15) is 13.2 Å². The predicted molar refractivity (Wildman–Crippen MR) is 53.6 cm³/mol. The lowest BCUT2D eigenvalue weighted by molar-refractivity contribution is -0.142. The number of rotatable bonds is 5. The maximum absolute atomic E-state index is 12.4. The van der Waals surface area contributed by atoms with E-state index in [1.165, 1.54) is 6.07 Å². The molecule has 0 fully saturated rings. The Morgan fingerprint density at radius 3 is 2.65 bits per heavy atom. The fourth-order valence-corrected chi connectivity index (χ4v) is 1.25. The van der Waals surface area contributed by atoms with Gasteiger partial charge in [0.1, 0.15) is 6.61 Å². The van der Waals surface area contributed by atoms with Gasteiger partial charge in [-0.15, -0.1) is 0 Å². The van der Waals surface area contributed by atoms with Gasteiger partial charge in [0.2, 0.25) is 0 Å². The molecule has 0 bridgehead atoms. The fraction of sp³-hybridized carbons (Fsp3) is 0.364. The smallest absolute Gasteiger partial charge is 0.416 e. The van der Waals surface area contributed by atoms with Crippen LogP contribution in [0.3, 0.4) is 0 Å². The monoisotopic (exact) mass is 248 g/mol. The van der Waals surface area contributed by atoms with Crippen LogP contribution in [0.1, 0.15) is 11.1 Å². The maximum atomic E-state index is 12.4. The van der Waals surface area contributed by atoms with Gasteiger partial charge in [0.05, 0.1) is 12.2 Å². The van der Waals surface area contributed by atoms with Crippen LogP contribution in [0.4, 0.5) is 13.2 Å². The van der Waals surface area contributed by atoms with Crippen molar-refractivity contribution in [3.63, 3.8) is 0 Å². The van der Waals surface area contributed by atoms with Crippen molar-refractivity contribution >= 4 is 5.97 Å². The lowest BCUT2D eigenvalue weighted by Gasteiger charge is -2.08. The summed E-state index contributed by atoms with van der Waals surface area (Å²) in [4.78, 5) is 10.1. The van der Waals surface area contributed by atoms with E-state index < -0.39 is 24.3 Å². The molecule has 17 heavy (non-hydrogen) atoms. The van der Waals surface area contributed by atoms with Crippen LogP contribution < -0.4 is 0 Å². The Labute approximate surface area is 95.8 Å². The number of alkyl halides is 3.